The first-order valence-corrected chi connectivity index (χ1v) is 9.36. The topological polar surface area (TPSA) is 46.2 Å². The van der Waals surface area contributed by atoms with E-state index in [-0.39, 0.29) is 9.37 Å². The van der Waals surface area contributed by atoms with Crippen molar-refractivity contribution in [2.75, 3.05) is 4.72 Å². The summed E-state index contributed by atoms with van der Waals surface area (Å²) in [6.07, 6.45) is 0. The second kappa shape index (κ2) is 6.46. The summed E-state index contributed by atoms with van der Waals surface area (Å²) in [6, 6.07) is 9.22. The molecule has 21 heavy (non-hydrogen) atoms. The number of sulfonamides is 1. The first-order valence-electron chi connectivity index (χ1n) is 5.97. The van der Waals surface area contributed by atoms with Gasteiger partial charge in [0.25, 0.3) is 10.0 Å². The lowest BCUT2D eigenvalue weighted by atomic mass is 10.2. The molecule has 0 aliphatic rings. The molecule has 0 aliphatic carbocycles. The number of benzene rings is 2. The molecule has 0 unspecified atom stereocenters. The van der Waals surface area contributed by atoms with Crippen LogP contribution in [0, 0.1) is 12.7 Å². The maximum Gasteiger partial charge on any atom is 0.261 e. The smallest absolute Gasteiger partial charge is 0.261 e. The van der Waals surface area contributed by atoms with Crippen molar-refractivity contribution in [2.24, 2.45) is 0 Å². The van der Waals surface area contributed by atoms with Gasteiger partial charge in [0, 0.05) is 5.33 Å². The Kier molecular flexibility index (Phi) is 5.06. The van der Waals surface area contributed by atoms with Crippen LogP contribution in [-0.4, -0.2) is 8.42 Å². The third-order valence-electron chi connectivity index (χ3n) is 2.90. The molecule has 3 nitrogen and oxygen atoms in total. The molecule has 2 rings (SSSR count). The molecule has 0 aliphatic heterocycles. The zero-order valence-electron chi connectivity index (χ0n) is 11.0. The first kappa shape index (κ1) is 16.5. The minimum Gasteiger partial charge on any atom is -0.279 e. The van der Waals surface area contributed by atoms with Crippen LogP contribution in [0.5, 0.6) is 0 Å². The SMILES string of the molecule is Cc1cc(F)c(Br)cc1NS(=O)(=O)c1ccc(CBr)cc1. The van der Waals surface area contributed by atoms with Gasteiger partial charge < -0.3 is 0 Å². The van der Waals surface area contributed by atoms with Crippen molar-refractivity contribution in [3.8, 4) is 0 Å². The molecule has 0 bridgehead atoms. The van der Waals surface area contributed by atoms with Crippen LogP contribution in [0.4, 0.5) is 10.1 Å². The van der Waals surface area contributed by atoms with E-state index < -0.39 is 15.8 Å². The lowest BCUT2D eigenvalue weighted by Crippen LogP contribution is -2.14. The number of rotatable bonds is 4. The van der Waals surface area contributed by atoms with E-state index in [1.807, 2.05) is 0 Å². The minimum atomic E-state index is -3.70. The van der Waals surface area contributed by atoms with Crippen LogP contribution in [0.1, 0.15) is 11.1 Å². The number of hydrogen-bond acceptors (Lipinski definition) is 2. The second-order valence-electron chi connectivity index (χ2n) is 4.46. The lowest BCUT2D eigenvalue weighted by Gasteiger charge is -2.12. The van der Waals surface area contributed by atoms with Gasteiger partial charge in [-0.3, -0.25) is 4.72 Å². The van der Waals surface area contributed by atoms with Crippen molar-refractivity contribution in [1.82, 2.24) is 0 Å². The molecule has 0 radical (unpaired) electrons. The quantitative estimate of drug-likeness (QED) is 0.712. The third-order valence-corrected chi connectivity index (χ3v) is 5.54. The summed E-state index contributed by atoms with van der Waals surface area (Å²) in [6.45, 7) is 1.64. The van der Waals surface area contributed by atoms with Gasteiger partial charge in [-0.05, 0) is 58.2 Å². The zero-order valence-corrected chi connectivity index (χ0v) is 15.0. The average Bonchev–Trinajstić information content (AvgIpc) is 2.44. The number of alkyl halides is 1. The summed E-state index contributed by atoms with van der Waals surface area (Å²) >= 11 is 6.35. The van der Waals surface area contributed by atoms with Gasteiger partial charge in [0.1, 0.15) is 5.82 Å². The monoisotopic (exact) mass is 435 g/mol. The molecule has 0 spiro atoms. The standard InChI is InChI=1S/C14H12Br2FNO2S/c1-9-6-13(17)12(16)7-14(9)18-21(19,20)11-4-2-10(8-15)3-5-11/h2-7,18H,8H2,1H3. The highest BCUT2D eigenvalue weighted by molar-refractivity contribution is 9.10. The Morgan fingerprint density at radius 2 is 1.81 bits per heavy atom. The molecule has 7 heteroatoms. The van der Waals surface area contributed by atoms with Gasteiger partial charge in [0.05, 0.1) is 15.1 Å². The van der Waals surface area contributed by atoms with E-state index in [0.717, 1.165) is 5.56 Å². The molecule has 0 atom stereocenters. The van der Waals surface area contributed by atoms with E-state index in [0.29, 0.717) is 16.6 Å². The Balaban J connectivity index is 2.34. The Morgan fingerprint density at radius 1 is 1.19 bits per heavy atom. The zero-order chi connectivity index (χ0) is 15.6. The van der Waals surface area contributed by atoms with Gasteiger partial charge in [-0.1, -0.05) is 28.1 Å². The predicted octanol–water partition coefficient (Wildman–Crippen LogP) is 4.59. The van der Waals surface area contributed by atoms with Crippen molar-refractivity contribution < 1.29 is 12.8 Å². The highest BCUT2D eigenvalue weighted by Crippen LogP contribution is 2.26. The molecule has 0 saturated heterocycles. The largest absolute Gasteiger partial charge is 0.279 e. The third kappa shape index (κ3) is 3.84. The van der Waals surface area contributed by atoms with Crippen molar-refractivity contribution >= 4 is 47.6 Å². The summed E-state index contributed by atoms with van der Waals surface area (Å²) in [4.78, 5) is 0.159. The van der Waals surface area contributed by atoms with Crippen molar-refractivity contribution in [2.45, 2.75) is 17.1 Å². The fourth-order valence-electron chi connectivity index (χ4n) is 1.72. The Hall–Kier alpha value is -0.920. The summed E-state index contributed by atoms with van der Waals surface area (Å²) in [5.41, 5.74) is 1.83. The van der Waals surface area contributed by atoms with Crippen LogP contribution in [0.3, 0.4) is 0 Å². The van der Waals surface area contributed by atoms with Crippen molar-refractivity contribution in [1.29, 1.82) is 0 Å². The van der Waals surface area contributed by atoms with Gasteiger partial charge in [-0.25, -0.2) is 12.8 Å². The summed E-state index contributed by atoms with van der Waals surface area (Å²) in [5, 5.41) is 0.658. The van der Waals surface area contributed by atoms with E-state index in [1.54, 1.807) is 19.1 Å². The van der Waals surface area contributed by atoms with Crippen LogP contribution in [-0.2, 0) is 15.4 Å². The van der Waals surface area contributed by atoms with Crippen molar-refractivity contribution in [3.05, 3.63) is 57.8 Å². The van der Waals surface area contributed by atoms with Gasteiger partial charge in [-0.2, -0.15) is 0 Å². The molecular weight excluding hydrogens is 425 g/mol. The fourth-order valence-corrected chi connectivity index (χ4v) is 3.56. The fraction of sp³-hybridized carbons (Fsp3) is 0.143. The minimum absolute atomic E-state index is 0.159. The molecule has 0 aromatic heterocycles. The molecule has 0 fully saturated rings. The lowest BCUT2D eigenvalue weighted by molar-refractivity contribution is 0.600. The maximum absolute atomic E-state index is 13.4. The summed E-state index contributed by atoms with van der Waals surface area (Å²) in [5.74, 6) is -0.433. The van der Waals surface area contributed by atoms with E-state index in [1.165, 1.54) is 24.3 Å². The summed E-state index contributed by atoms with van der Waals surface area (Å²) < 4.78 is 40.7. The van der Waals surface area contributed by atoms with E-state index in [9.17, 15) is 12.8 Å². The van der Waals surface area contributed by atoms with Crippen LogP contribution < -0.4 is 4.72 Å². The Morgan fingerprint density at radius 3 is 2.38 bits per heavy atom. The number of anilines is 1. The number of halogens is 3. The van der Waals surface area contributed by atoms with Crippen LogP contribution in [0.2, 0.25) is 0 Å². The predicted molar refractivity (Wildman–Crippen MR) is 88.7 cm³/mol. The van der Waals surface area contributed by atoms with Gasteiger partial charge in [0.2, 0.25) is 0 Å². The normalized spacial score (nSPS) is 11.4. The van der Waals surface area contributed by atoms with E-state index in [4.69, 9.17) is 0 Å². The Bertz CT molecular complexity index is 761. The van der Waals surface area contributed by atoms with Crippen LogP contribution >= 0.6 is 31.9 Å². The summed E-state index contributed by atoms with van der Waals surface area (Å²) in [7, 11) is -3.70. The molecule has 2 aromatic carbocycles. The molecule has 0 saturated carbocycles. The van der Waals surface area contributed by atoms with Gasteiger partial charge >= 0.3 is 0 Å². The van der Waals surface area contributed by atoms with Gasteiger partial charge in [-0.15, -0.1) is 0 Å². The highest BCUT2D eigenvalue weighted by Gasteiger charge is 2.16. The molecular formula is C14H12Br2FNO2S. The molecule has 2 aromatic rings. The second-order valence-corrected chi connectivity index (χ2v) is 7.56. The average molecular weight is 437 g/mol. The van der Waals surface area contributed by atoms with E-state index in [2.05, 4.69) is 36.6 Å². The highest BCUT2D eigenvalue weighted by atomic mass is 79.9. The van der Waals surface area contributed by atoms with Gasteiger partial charge in [0.15, 0.2) is 0 Å². The van der Waals surface area contributed by atoms with Crippen LogP contribution in [0.15, 0.2) is 45.8 Å². The van der Waals surface area contributed by atoms with Crippen molar-refractivity contribution in [3.63, 3.8) is 0 Å². The molecule has 1 N–H and O–H groups in total. The molecule has 0 heterocycles. The number of hydrogen-bond donors (Lipinski definition) is 1. The number of aryl methyl sites for hydroxylation is 1. The Labute approximate surface area is 139 Å². The maximum atomic E-state index is 13.4. The van der Waals surface area contributed by atoms with Crippen LogP contribution in [0.25, 0.3) is 0 Å². The van der Waals surface area contributed by atoms with E-state index >= 15 is 0 Å². The number of nitrogens with one attached hydrogen (secondary N) is 1. The first-order chi connectivity index (χ1) is 9.83. The molecule has 112 valence electrons. The molecule has 0 amide bonds.